The predicted octanol–water partition coefficient (Wildman–Crippen LogP) is 2.70. The molecule has 0 radical (unpaired) electrons. The first-order chi connectivity index (χ1) is 7.34. The molecule has 4 heteroatoms. The van der Waals surface area contributed by atoms with Gasteiger partial charge in [-0.1, -0.05) is 0 Å². The van der Waals surface area contributed by atoms with Crippen LogP contribution in [0, 0.1) is 0 Å². The zero-order valence-corrected chi connectivity index (χ0v) is 9.94. The van der Waals surface area contributed by atoms with Crippen LogP contribution >= 0.6 is 15.9 Å². The van der Waals surface area contributed by atoms with Gasteiger partial charge >= 0.3 is 0 Å². The van der Waals surface area contributed by atoms with Gasteiger partial charge in [0.2, 0.25) is 0 Å². The third-order valence-electron chi connectivity index (χ3n) is 2.88. The van der Waals surface area contributed by atoms with Gasteiger partial charge in [0, 0.05) is 23.8 Å². The van der Waals surface area contributed by atoms with Crippen molar-refractivity contribution < 1.29 is 0 Å². The van der Waals surface area contributed by atoms with Gasteiger partial charge in [0.05, 0.1) is 6.20 Å². The lowest BCUT2D eigenvalue weighted by Gasteiger charge is -2.16. The van der Waals surface area contributed by atoms with Crippen molar-refractivity contribution in [1.82, 2.24) is 9.38 Å². The smallest absolute Gasteiger partial charge is 0.138 e. The molecule has 78 valence electrons. The molecule has 0 atom stereocenters. The van der Waals surface area contributed by atoms with Crippen molar-refractivity contribution in [2.24, 2.45) is 0 Å². The Bertz CT molecular complexity index is 486. The standard InChI is InChI=1S/C11H12BrN3/c12-9-3-4-10-13-7-11(15(10)8-9)14-5-1-2-6-14/h3-4,7-8H,1-2,5-6H2. The molecule has 2 aromatic rings. The molecular weight excluding hydrogens is 254 g/mol. The number of rotatable bonds is 1. The second kappa shape index (κ2) is 3.52. The Morgan fingerprint density at radius 1 is 1.20 bits per heavy atom. The van der Waals surface area contributed by atoms with Gasteiger partial charge in [-0.05, 0) is 40.9 Å². The number of pyridine rings is 1. The Hall–Kier alpha value is -1.03. The lowest BCUT2D eigenvalue weighted by atomic mass is 10.4. The zero-order valence-electron chi connectivity index (χ0n) is 8.36. The highest BCUT2D eigenvalue weighted by Crippen LogP contribution is 2.23. The summed E-state index contributed by atoms with van der Waals surface area (Å²) in [5, 5.41) is 0. The molecule has 1 fully saturated rings. The van der Waals surface area contributed by atoms with Crippen molar-refractivity contribution in [1.29, 1.82) is 0 Å². The molecule has 3 heterocycles. The summed E-state index contributed by atoms with van der Waals surface area (Å²) in [6.45, 7) is 2.31. The monoisotopic (exact) mass is 265 g/mol. The van der Waals surface area contributed by atoms with E-state index in [1.54, 1.807) is 0 Å². The van der Waals surface area contributed by atoms with Crippen molar-refractivity contribution in [3.63, 3.8) is 0 Å². The van der Waals surface area contributed by atoms with Crippen LogP contribution in [0.1, 0.15) is 12.8 Å². The molecule has 1 aliphatic heterocycles. The third kappa shape index (κ3) is 1.53. The molecule has 2 aromatic heterocycles. The predicted molar refractivity (Wildman–Crippen MR) is 64.3 cm³/mol. The van der Waals surface area contributed by atoms with Crippen LogP contribution in [-0.4, -0.2) is 22.5 Å². The molecule has 0 spiro atoms. The average Bonchev–Trinajstić information content (AvgIpc) is 2.83. The van der Waals surface area contributed by atoms with Gasteiger partial charge in [-0.3, -0.25) is 4.40 Å². The molecule has 0 unspecified atom stereocenters. The minimum atomic E-state index is 1.01. The highest BCUT2D eigenvalue weighted by atomic mass is 79.9. The maximum Gasteiger partial charge on any atom is 0.138 e. The van der Waals surface area contributed by atoms with Gasteiger partial charge in [0.25, 0.3) is 0 Å². The van der Waals surface area contributed by atoms with Crippen LogP contribution in [0.15, 0.2) is 29.0 Å². The molecule has 0 aliphatic carbocycles. The second-order valence-electron chi connectivity index (χ2n) is 3.89. The van der Waals surface area contributed by atoms with E-state index in [-0.39, 0.29) is 0 Å². The van der Waals surface area contributed by atoms with Crippen molar-refractivity contribution in [3.05, 3.63) is 29.0 Å². The number of anilines is 1. The topological polar surface area (TPSA) is 20.5 Å². The molecular formula is C11H12BrN3. The Morgan fingerprint density at radius 2 is 2.00 bits per heavy atom. The molecule has 0 bridgehead atoms. The largest absolute Gasteiger partial charge is 0.356 e. The molecule has 1 aliphatic rings. The Morgan fingerprint density at radius 3 is 2.80 bits per heavy atom. The van der Waals surface area contributed by atoms with Gasteiger partial charge < -0.3 is 4.90 Å². The average molecular weight is 266 g/mol. The van der Waals surface area contributed by atoms with Crippen LogP contribution in [0.25, 0.3) is 5.65 Å². The first-order valence-electron chi connectivity index (χ1n) is 5.22. The number of fused-ring (bicyclic) bond motifs is 1. The van der Waals surface area contributed by atoms with Crippen LogP contribution in [0.4, 0.5) is 5.82 Å². The van der Waals surface area contributed by atoms with Crippen LogP contribution in [-0.2, 0) is 0 Å². The first-order valence-corrected chi connectivity index (χ1v) is 6.01. The minimum absolute atomic E-state index is 1.01. The summed E-state index contributed by atoms with van der Waals surface area (Å²) in [6.07, 6.45) is 6.63. The second-order valence-corrected chi connectivity index (χ2v) is 4.80. The molecule has 3 nitrogen and oxygen atoms in total. The minimum Gasteiger partial charge on any atom is -0.356 e. The van der Waals surface area contributed by atoms with Gasteiger partial charge in [-0.2, -0.15) is 0 Å². The normalized spacial score (nSPS) is 16.5. The summed E-state index contributed by atoms with van der Waals surface area (Å²) in [5.41, 5.74) is 1.01. The van der Waals surface area contributed by atoms with Gasteiger partial charge in [0.1, 0.15) is 11.5 Å². The number of imidazole rings is 1. The maximum atomic E-state index is 4.40. The van der Waals surface area contributed by atoms with Gasteiger partial charge in [-0.15, -0.1) is 0 Å². The molecule has 1 saturated heterocycles. The Kier molecular flexibility index (Phi) is 2.16. The highest BCUT2D eigenvalue weighted by Gasteiger charge is 2.15. The van der Waals surface area contributed by atoms with Crippen molar-refractivity contribution in [3.8, 4) is 0 Å². The Balaban J connectivity index is 2.13. The van der Waals surface area contributed by atoms with Crippen molar-refractivity contribution in [2.45, 2.75) is 12.8 Å². The SMILES string of the molecule is Brc1ccc2ncc(N3CCCC3)n2c1. The van der Waals surface area contributed by atoms with E-state index in [0.717, 1.165) is 23.2 Å². The molecule has 0 N–H and O–H groups in total. The van der Waals surface area contributed by atoms with Crippen molar-refractivity contribution >= 4 is 27.4 Å². The van der Waals surface area contributed by atoms with E-state index in [2.05, 4.69) is 36.4 Å². The molecule has 0 aromatic carbocycles. The molecule has 3 rings (SSSR count). The fraction of sp³-hybridized carbons (Fsp3) is 0.364. The van der Waals surface area contributed by atoms with E-state index in [1.807, 2.05) is 18.3 Å². The number of halogens is 1. The number of hydrogen-bond donors (Lipinski definition) is 0. The number of aromatic nitrogens is 2. The third-order valence-corrected chi connectivity index (χ3v) is 3.35. The highest BCUT2D eigenvalue weighted by molar-refractivity contribution is 9.10. The lowest BCUT2D eigenvalue weighted by molar-refractivity contribution is 0.923. The molecule has 0 amide bonds. The van der Waals surface area contributed by atoms with Crippen molar-refractivity contribution in [2.75, 3.05) is 18.0 Å². The lowest BCUT2D eigenvalue weighted by Crippen LogP contribution is -2.19. The van der Waals surface area contributed by atoms with Gasteiger partial charge in [0.15, 0.2) is 0 Å². The van der Waals surface area contributed by atoms with E-state index < -0.39 is 0 Å². The first kappa shape index (κ1) is 9.21. The summed E-state index contributed by atoms with van der Waals surface area (Å²) < 4.78 is 3.24. The summed E-state index contributed by atoms with van der Waals surface area (Å²) in [6, 6.07) is 4.06. The van der Waals surface area contributed by atoms with E-state index in [1.165, 1.54) is 18.7 Å². The Labute approximate surface area is 96.9 Å². The fourth-order valence-corrected chi connectivity index (χ4v) is 2.46. The maximum absolute atomic E-state index is 4.40. The molecule has 0 saturated carbocycles. The van der Waals surface area contributed by atoms with Gasteiger partial charge in [-0.25, -0.2) is 4.98 Å². The summed E-state index contributed by atoms with van der Waals surface area (Å²) in [7, 11) is 0. The van der Waals surface area contributed by atoms with E-state index in [4.69, 9.17) is 0 Å². The van der Waals surface area contributed by atoms with E-state index in [0.29, 0.717) is 0 Å². The van der Waals surface area contributed by atoms with Crippen LogP contribution in [0.5, 0.6) is 0 Å². The zero-order chi connectivity index (χ0) is 10.3. The summed E-state index contributed by atoms with van der Waals surface area (Å²) >= 11 is 3.49. The number of hydrogen-bond acceptors (Lipinski definition) is 2. The quantitative estimate of drug-likeness (QED) is 0.791. The van der Waals surface area contributed by atoms with Crippen LogP contribution in [0.3, 0.4) is 0 Å². The molecule has 15 heavy (non-hydrogen) atoms. The summed E-state index contributed by atoms with van der Waals surface area (Å²) in [5.74, 6) is 1.21. The fourth-order valence-electron chi connectivity index (χ4n) is 2.12. The van der Waals surface area contributed by atoms with E-state index in [9.17, 15) is 0 Å². The summed E-state index contributed by atoms with van der Waals surface area (Å²) in [4.78, 5) is 6.80. The number of nitrogens with zero attached hydrogens (tertiary/aromatic N) is 3. The van der Waals surface area contributed by atoms with Crippen LogP contribution in [0.2, 0.25) is 0 Å². The van der Waals surface area contributed by atoms with E-state index >= 15 is 0 Å². The van der Waals surface area contributed by atoms with Crippen LogP contribution < -0.4 is 4.90 Å².